The normalized spacial score (nSPS) is 10.7. The highest BCUT2D eigenvalue weighted by molar-refractivity contribution is 5.58. The maximum absolute atomic E-state index is 5.17. The molecule has 0 saturated carbocycles. The minimum absolute atomic E-state index is 0.540. The predicted molar refractivity (Wildman–Crippen MR) is 81.8 cm³/mol. The van der Waals surface area contributed by atoms with Crippen molar-refractivity contribution in [1.29, 1.82) is 0 Å². The first kappa shape index (κ1) is 13.4. The number of hydrogen-bond donors (Lipinski definition) is 1. The van der Waals surface area contributed by atoms with Crippen molar-refractivity contribution >= 4 is 5.69 Å². The Labute approximate surface area is 123 Å². The van der Waals surface area contributed by atoms with E-state index >= 15 is 0 Å². The Morgan fingerprint density at radius 3 is 2.76 bits per heavy atom. The van der Waals surface area contributed by atoms with E-state index in [0.29, 0.717) is 5.89 Å². The molecule has 5 nitrogen and oxygen atoms in total. The predicted octanol–water partition coefficient (Wildman–Crippen LogP) is 3.56. The van der Waals surface area contributed by atoms with Gasteiger partial charge in [0.25, 0.3) is 0 Å². The molecule has 1 N–H and O–H groups in total. The van der Waals surface area contributed by atoms with Gasteiger partial charge in [0, 0.05) is 36.7 Å². The Bertz CT molecular complexity index is 671. The van der Waals surface area contributed by atoms with E-state index in [1.807, 2.05) is 24.3 Å². The highest BCUT2D eigenvalue weighted by Crippen LogP contribution is 2.19. The van der Waals surface area contributed by atoms with Crippen molar-refractivity contribution in [3.05, 3.63) is 54.7 Å². The largest absolute Gasteiger partial charge is 0.423 e. The molecule has 2 heterocycles. The molecule has 0 aliphatic carbocycles. The van der Waals surface area contributed by atoms with Crippen molar-refractivity contribution in [3.63, 3.8) is 0 Å². The monoisotopic (exact) mass is 282 g/mol. The minimum Gasteiger partial charge on any atom is -0.423 e. The summed E-state index contributed by atoms with van der Waals surface area (Å²) < 4.78 is 7.39. The highest BCUT2D eigenvalue weighted by atomic mass is 16.4. The Morgan fingerprint density at radius 1 is 1.19 bits per heavy atom. The molecule has 1 aromatic carbocycles. The summed E-state index contributed by atoms with van der Waals surface area (Å²) in [6.45, 7) is 4.07. The van der Waals surface area contributed by atoms with E-state index in [2.05, 4.69) is 45.5 Å². The molecule has 3 aromatic rings. The van der Waals surface area contributed by atoms with Crippen LogP contribution in [0.25, 0.3) is 11.5 Å². The molecule has 108 valence electrons. The number of anilines is 1. The molecule has 3 rings (SSSR count). The first-order valence-corrected chi connectivity index (χ1v) is 7.10. The third kappa shape index (κ3) is 3.31. The smallest absolute Gasteiger partial charge is 0.247 e. The quantitative estimate of drug-likeness (QED) is 0.751. The van der Waals surface area contributed by atoms with E-state index in [0.717, 1.165) is 30.8 Å². The van der Waals surface area contributed by atoms with Gasteiger partial charge in [-0.15, -0.1) is 10.2 Å². The second-order valence-corrected chi connectivity index (χ2v) is 4.93. The van der Waals surface area contributed by atoms with Gasteiger partial charge in [-0.3, -0.25) is 0 Å². The molecule has 0 amide bonds. The zero-order valence-corrected chi connectivity index (χ0v) is 12.0. The van der Waals surface area contributed by atoms with Gasteiger partial charge < -0.3 is 14.3 Å². The van der Waals surface area contributed by atoms with E-state index in [1.165, 1.54) is 12.0 Å². The summed E-state index contributed by atoms with van der Waals surface area (Å²) in [5, 5.41) is 11.0. The van der Waals surface area contributed by atoms with Crippen LogP contribution in [0.3, 0.4) is 0 Å². The second-order valence-electron chi connectivity index (χ2n) is 4.93. The maximum Gasteiger partial charge on any atom is 0.247 e. The molecule has 0 spiro atoms. The van der Waals surface area contributed by atoms with Gasteiger partial charge in [-0.25, -0.2) is 0 Å². The van der Waals surface area contributed by atoms with Gasteiger partial charge in [0.2, 0.25) is 12.3 Å². The van der Waals surface area contributed by atoms with Crippen LogP contribution >= 0.6 is 0 Å². The van der Waals surface area contributed by atoms with Crippen molar-refractivity contribution in [2.24, 2.45) is 0 Å². The standard InChI is InChI=1S/C16H18N4O/c1-2-8-20-9-7-13(11-20)10-17-15-5-3-14(4-6-15)16-19-18-12-21-16/h3-7,9,11-12,17H,2,8,10H2,1H3. The van der Waals surface area contributed by atoms with Gasteiger partial charge in [0.15, 0.2) is 0 Å². The van der Waals surface area contributed by atoms with Crippen LogP contribution in [0.5, 0.6) is 0 Å². The maximum atomic E-state index is 5.17. The highest BCUT2D eigenvalue weighted by Gasteiger charge is 2.03. The van der Waals surface area contributed by atoms with E-state index < -0.39 is 0 Å². The van der Waals surface area contributed by atoms with Gasteiger partial charge in [-0.05, 0) is 42.3 Å². The van der Waals surface area contributed by atoms with Gasteiger partial charge in [0.1, 0.15) is 0 Å². The fraction of sp³-hybridized carbons (Fsp3) is 0.250. The Morgan fingerprint density at radius 2 is 2.05 bits per heavy atom. The Hall–Kier alpha value is -2.56. The van der Waals surface area contributed by atoms with Crippen LogP contribution in [0.15, 0.2) is 53.5 Å². The van der Waals surface area contributed by atoms with E-state index in [9.17, 15) is 0 Å². The molecule has 0 saturated heterocycles. The van der Waals surface area contributed by atoms with Gasteiger partial charge >= 0.3 is 0 Å². The summed E-state index contributed by atoms with van der Waals surface area (Å²) in [6, 6.07) is 10.1. The van der Waals surface area contributed by atoms with Crippen LogP contribution in [0.2, 0.25) is 0 Å². The second kappa shape index (κ2) is 6.26. The van der Waals surface area contributed by atoms with Crippen molar-refractivity contribution < 1.29 is 4.42 Å². The molecular formula is C16H18N4O. The van der Waals surface area contributed by atoms with Crippen LogP contribution in [0.4, 0.5) is 5.69 Å². The zero-order valence-electron chi connectivity index (χ0n) is 12.0. The Balaban J connectivity index is 1.60. The fourth-order valence-electron chi connectivity index (χ4n) is 2.23. The molecule has 0 bridgehead atoms. The number of benzene rings is 1. The molecule has 2 aromatic heterocycles. The van der Waals surface area contributed by atoms with Crippen LogP contribution in [0.1, 0.15) is 18.9 Å². The number of aryl methyl sites for hydroxylation is 1. The molecule has 0 aliphatic rings. The number of nitrogens with zero attached hydrogens (tertiary/aromatic N) is 3. The average Bonchev–Trinajstić information content (AvgIpc) is 3.18. The van der Waals surface area contributed by atoms with Crippen LogP contribution in [-0.4, -0.2) is 14.8 Å². The third-order valence-corrected chi connectivity index (χ3v) is 3.28. The summed E-state index contributed by atoms with van der Waals surface area (Å²) >= 11 is 0. The lowest BCUT2D eigenvalue weighted by Crippen LogP contribution is -1.98. The number of nitrogens with one attached hydrogen (secondary N) is 1. The number of hydrogen-bond acceptors (Lipinski definition) is 4. The van der Waals surface area contributed by atoms with Crippen LogP contribution < -0.4 is 5.32 Å². The van der Waals surface area contributed by atoms with E-state index in [-0.39, 0.29) is 0 Å². The van der Waals surface area contributed by atoms with E-state index in [1.54, 1.807) is 0 Å². The first-order chi connectivity index (χ1) is 10.3. The topological polar surface area (TPSA) is 55.9 Å². The fourth-order valence-corrected chi connectivity index (χ4v) is 2.23. The third-order valence-electron chi connectivity index (χ3n) is 3.28. The number of aromatic nitrogens is 3. The number of rotatable bonds is 6. The summed E-state index contributed by atoms with van der Waals surface area (Å²) in [5.74, 6) is 0.540. The molecule has 0 radical (unpaired) electrons. The SMILES string of the molecule is CCCn1ccc(CNc2ccc(-c3nnco3)cc2)c1. The average molecular weight is 282 g/mol. The van der Waals surface area contributed by atoms with Gasteiger partial charge in [-0.2, -0.15) is 0 Å². The van der Waals surface area contributed by atoms with Crippen LogP contribution in [-0.2, 0) is 13.1 Å². The molecule has 0 atom stereocenters. The summed E-state index contributed by atoms with van der Waals surface area (Å²) in [5.41, 5.74) is 3.28. The van der Waals surface area contributed by atoms with Gasteiger partial charge in [0.05, 0.1) is 0 Å². The summed E-state index contributed by atoms with van der Waals surface area (Å²) in [7, 11) is 0. The van der Waals surface area contributed by atoms with Crippen molar-refractivity contribution in [2.75, 3.05) is 5.32 Å². The lowest BCUT2D eigenvalue weighted by atomic mass is 10.2. The summed E-state index contributed by atoms with van der Waals surface area (Å²) in [6.07, 6.45) is 6.80. The molecule has 0 aliphatic heterocycles. The lowest BCUT2D eigenvalue weighted by Gasteiger charge is -2.05. The van der Waals surface area contributed by atoms with Gasteiger partial charge in [-0.1, -0.05) is 6.92 Å². The lowest BCUT2D eigenvalue weighted by molar-refractivity contribution is 0.568. The zero-order chi connectivity index (χ0) is 14.5. The molecule has 5 heteroatoms. The molecule has 0 unspecified atom stereocenters. The van der Waals surface area contributed by atoms with Crippen molar-refractivity contribution in [3.8, 4) is 11.5 Å². The molecule has 21 heavy (non-hydrogen) atoms. The molecule has 0 fully saturated rings. The van der Waals surface area contributed by atoms with Crippen molar-refractivity contribution in [1.82, 2.24) is 14.8 Å². The first-order valence-electron chi connectivity index (χ1n) is 7.10. The Kier molecular flexibility index (Phi) is 4.00. The van der Waals surface area contributed by atoms with Crippen LogP contribution in [0, 0.1) is 0 Å². The van der Waals surface area contributed by atoms with E-state index in [4.69, 9.17) is 4.42 Å². The minimum atomic E-state index is 0.540. The van der Waals surface area contributed by atoms with Crippen molar-refractivity contribution in [2.45, 2.75) is 26.4 Å². The summed E-state index contributed by atoms with van der Waals surface area (Å²) in [4.78, 5) is 0. The molecular weight excluding hydrogens is 264 g/mol.